The number of anilines is 1. The Bertz CT molecular complexity index is 950. The summed E-state index contributed by atoms with van der Waals surface area (Å²) < 4.78 is 0. The lowest BCUT2D eigenvalue weighted by molar-refractivity contribution is 0.0954. The first kappa shape index (κ1) is 20.6. The maximum atomic E-state index is 12.6. The van der Waals surface area contributed by atoms with Crippen LogP contribution in [-0.2, 0) is 0 Å². The van der Waals surface area contributed by atoms with Crippen molar-refractivity contribution in [3.63, 3.8) is 0 Å². The number of piperazine rings is 1. The molecule has 0 aliphatic carbocycles. The lowest BCUT2D eigenvalue weighted by atomic mass is 10.2. The van der Waals surface area contributed by atoms with Gasteiger partial charge in [0, 0.05) is 44.0 Å². The summed E-state index contributed by atoms with van der Waals surface area (Å²) in [5.74, 6) is -0.0129. The monoisotopic (exact) mass is 420 g/mol. The number of nitrogens with one attached hydrogen (secondary N) is 1. The van der Waals surface area contributed by atoms with Crippen LogP contribution in [0.2, 0.25) is 0 Å². The zero-order valence-corrected chi connectivity index (χ0v) is 18.2. The van der Waals surface area contributed by atoms with E-state index in [4.69, 9.17) is 0 Å². The quantitative estimate of drug-likeness (QED) is 0.586. The Balaban J connectivity index is 1.20. The molecule has 1 saturated heterocycles. The average Bonchev–Trinajstić information content (AvgIpc) is 3.20. The molecule has 2 aromatic carbocycles. The fourth-order valence-corrected chi connectivity index (χ4v) is 4.75. The number of carbonyl (C=O) groups is 1. The second kappa shape index (κ2) is 9.87. The highest BCUT2D eigenvalue weighted by atomic mass is 32.1. The molecule has 30 heavy (non-hydrogen) atoms. The summed E-state index contributed by atoms with van der Waals surface area (Å²) in [4.78, 5) is 22.8. The normalized spacial score (nSPS) is 14.6. The molecule has 0 bridgehead atoms. The number of hydrogen-bond acceptors (Lipinski definition) is 5. The van der Waals surface area contributed by atoms with Crippen LogP contribution in [-0.4, -0.2) is 55.1 Å². The van der Waals surface area contributed by atoms with Gasteiger partial charge >= 0.3 is 0 Å². The summed E-state index contributed by atoms with van der Waals surface area (Å²) >= 11 is 1.47. The lowest BCUT2D eigenvalue weighted by Crippen LogP contribution is -2.47. The van der Waals surface area contributed by atoms with E-state index in [1.807, 2.05) is 37.3 Å². The molecule has 4 rings (SSSR count). The summed E-state index contributed by atoms with van der Waals surface area (Å²) in [7, 11) is 0. The van der Waals surface area contributed by atoms with Crippen molar-refractivity contribution in [1.82, 2.24) is 15.2 Å². The van der Waals surface area contributed by atoms with Gasteiger partial charge in [0.25, 0.3) is 5.91 Å². The molecule has 3 aromatic rings. The van der Waals surface area contributed by atoms with Crippen molar-refractivity contribution in [3.8, 4) is 10.6 Å². The molecule has 1 fully saturated rings. The molecule has 0 saturated carbocycles. The second-order valence-corrected chi connectivity index (χ2v) is 8.57. The van der Waals surface area contributed by atoms with Crippen molar-refractivity contribution in [2.24, 2.45) is 0 Å². The van der Waals surface area contributed by atoms with Gasteiger partial charge in [0.05, 0.1) is 5.69 Å². The molecule has 5 nitrogen and oxygen atoms in total. The SMILES string of the molecule is Cc1nc(-c2ccccc2)sc1C(=O)NCCCN1CCN(c2ccccc2)CC1. The Labute approximate surface area is 182 Å². The largest absolute Gasteiger partial charge is 0.369 e. The fourth-order valence-electron chi connectivity index (χ4n) is 3.76. The molecular weight excluding hydrogens is 392 g/mol. The van der Waals surface area contributed by atoms with Crippen LogP contribution in [0.5, 0.6) is 0 Å². The van der Waals surface area contributed by atoms with E-state index in [2.05, 4.69) is 50.4 Å². The van der Waals surface area contributed by atoms with Gasteiger partial charge in [-0.1, -0.05) is 48.5 Å². The zero-order chi connectivity index (χ0) is 20.8. The van der Waals surface area contributed by atoms with E-state index in [9.17, 15) is 4.79 Å². The number of carbonyl (C=O) groups excluding carboxylic acids is 1. The number of thiazole rings is 1. The van der Waals surface area contributed by atoms with E-state index in [-0.39, 0.29) is 5.91 Å². The Morgan fingerprint density at radius 3 is 2.37 bits per heavy atom. The highest BCUT2D eigenvalue weighted by molar-refractivity contribution is 7.17. The molecule has 2 heterocycles. The maximum Gasteiger partial charge on any atom is 0.263 e. The van der Waals surface area contributed by atoms with Crippen LogP contribution >= 0.6 is 11.3 Å². The van der Waals surface area contributed by atoms with Crippen LogP contribution < -0.4 is 10.2 Å². The van der Waals surface area contributed by atoms with Crippen LogP contribution in [0.3, 0.4) is 0 Å². The van der Waals surface area contributed by atoms with Gasteiger partial charge in [0.2, 0.25) is 0 Å². The molecule has 1 N–H and O–H groups in total. The minimum atomic E-state index is -0.0129. The van der Waals surface area contributed by atoms with Crippen LogP contribution in [0.1, 0.15) is 21.8 Å². The number of aromatic nitrogens is 1. The zero-order valence-electron chi connectivity index (χ0n) is 17.4. The third-order valence-electron chi connectivity index (χ3n) is 5.45. The van der Waals surface area contributed by atoms with Crippen LogP contribution in [0, 0.1) is 6.92 Å². The number of para-hydroxylation sites is 1. The number of hydrogen-bond donors (Lipinski definition) is 1. The van der Waals surface area contributed by atoms with E-state index in [0.29, 0.717) is 11.4 Å². The molecule has 1 aliphatic rings. The molecule has 0 spiro atoms. The summed E-state index contributed by atoms with van der Waals surface area (Å²) in [6, 6.07) is 20.6. The van der Waals surface area contributed by atoms with Crippen molar-refractivity contribution in [3.05, 3.63) is 71.2 Å². The second-order valence-electron chi connectivity index (χ2n) is 7.57. The smallest absolute Gasteiger partial charge is 0.263 e. The van der Waals surface area contributed by atoms with Crippen molar-refractivity contribution in [1.29, 1.82) is 0 Å². The molecule has 0 atom stereocenters. The molecule has 1 aromatic heterocycles. The van der Waals surface area contributed by atoms with E-state index >= 15 is 0 Å². The van der Waals surface area contributed by atoms with Gasteiger partial charge in [-0.2, -0.15) is 0 Å². The van der Waals surface area contributed by atoms with Gasteiger partial charge in [-0.05, 0) is 32.0 Å². The predicted octanol–water partition coefficient (Wildman–Crippen LogP) is 4.06. The van der Waals surface area contributed by atoms with E-state index < -0.39 is 0 Å². The third kappa shape index (κ3) is 5.07. The Morgan fingerprint density at radius 1 is 1.00 bits per heavy atom. The van der Waals surface area contributed by atoms with Gasteiger partial charge in [0.15, 0.2) is 0 Å². The standard InChI is InChI=1S/C24H28N4OS/c1-19-22(30-24(26-19)20-9-4-2-5-10-20)23(29)25-13-8-14-27-15-17-28(18-16-27)21-11-6-3-7-12-21/h2-7,9-12H,8,13-18H2,1H3,(H,25,29). The van der Waals surface area contributed by atoms with Crippen molar-refractivity contribution in [2.75, 3.05) is 44.2 Å². The first-order valence-electron chi connectivity index (χ1n) is 10.5. The minimum absolute atomic E-state index is 0.0129. The summed E-state index contributed by atoms with van der Waals surface area (Å²) in [5.41, 5.74) is 3.16. The van der Waals surface area contributed by atoms with E-state index in [1.165, 1.54) is 17.0 Å². The molecule has 6 heteroatoms. The molecule has 156 valence electrons. The summed E-state index contributed by atoms with van der Waals surface area (Å²) in [6.45, 7) is 7.85. The van der Waals surface area contributed by atoms with E-state index in [1.54, 1.807) is 0 Å². The van der Waals surface area contributed by atoms with Crippen LogP contribution in [0.15, 0.2) is 60.7 Å². The first-order valence-corrected chi connectivity index (χ1v) is 11.4. The number of aryl methyl sites for hydroxylation is 1. The molecule has 1 amide bonds. The number of benzene rings is 2. The minimum Gasteiger partial charge on any atom is -0.369 e. The topological polar surface area (TPSA) is 48.5 Å². The molecule has 1 aliphatic heterocycles. The first-order chi connectivity index (χ1) is 14.7. The lowest BCUT2D eigenvalue weighted by Gasteiger charge is -2.36. The highest BCUT2D eigenvalue weighted by Crippen LogP contribution is 2.27. The highest BCUT2D eigenvalue weighted by Gasteiger charge is 2.18. The molecule has 0 radical (unpaired) electrons. The summed E-state index contributed by atoms with van der Waals surface area (Å²) in [6.07, 6.45) is 0.959. The van der Waals surface area contributed by atoms with Gasteiger partial charge in [-0.15, -0.1) is 11.3 Å². The number of rotatable bonds is 7. The van der Waals surface area contributed by atoms with Gasteiger partial charge < -0.3 is 10.2 Å². The number of amides is 1. The van der Waals surface area contributed by atoms with Crippen LogP contribution in [0.25, 0.3) is 10.6 Å². The molecular formula is C24H28N4OS. The maximum absolute atomic E-state index is 12.6. The third-order valence-corrected chi connectivity index (χ3v) is 6.66. The van der Waals surface area contributed by atoms with Gasteiger partial charge in [-0.25, -0.2) is 4.98 Å². The van der Waals surface area contributed by atoms with Crippen molar-refractivity contribution in [2.45, 2.75) is 13.3 Å². The fraction of sp³-hybridized carbons (Fsp3) is 0.333. The Hall–Kier alpha value is -2.70. The van der Waals surface area contributed by atoms with E-state index in [0.717, 1.165) is 55.4 Å². The molecule has 0 unspecified atom stereocenters. The average molecular weight is 421 g/mol. The van der Waals surface area contributed by atoms with Crippen molar-refractivity contribution >= 4 is 22.9 Å². The van der Waals surface area contributed by atoms with Gasteiger partial charge in [-0.3, -0.25) is 9.69 Å². The van der Waals surface area contributed by atoms with Gasteiger partial charge in [0.1, 0.15) is 9.88 Å². The Kier molecular flexibility index (Phi) is 6.77. The Morgan fingerprint density at radius 2 is 1.67 bits per heavy atom. The predicted molar refractivity (Wildman–Crippen MR) is 124 cm³/mol. The van der Waals surface area contributed by atoms with Crippen LogP contribution in [0.4, 0.5) is 5.69 Å². The number of nitrogens with zero attached hydrogens (tertiary/aromatic N) is 3. The summed E-state index contributed by atoms with van der Waals surface area (Å²) in [5, 5.41) is 3.97. The van der Waals surface area contributed by atoms with Crippen molar-refractivity contribution < 1.29 is 4.79 Å².